The highest BCUT2D eigenvalue weighted by Crippen LogP contribution is 2.25. The zero-order chi connectivity index (χ0) is 17.7. The zero-order valence-electron chi connectivity index (χ0n) is 13.2. The summed E-state index contributed by atoms with van der Waals surface area (Å²) in [6, 6.07) is 4.40. The Kier molecular flexibility index (Phi) is 7.65. The van der Waals surface area contributed by atoms with Crippen LogP contribution in [0.4, 0.5) is 18.9 Å². The van der Waals surface area contributed by atoms with Crippen molar-refractivity contribution >= 4 is 35.3 Å². The van der Waals surface area contributed by atoms with E-state index in [1.165, 1.54) is 29.5 Å². The largest absolute Gasteiger partial charge is 0.484 e. The summed E-state index contributed by atoms with van der Waals surface area (Å²) in [7, 11) is 0. The maximum Gasteiger partial charge on any atom is 0.422 e. The molecule has 0 aliphatic rings. The standard InChI is InChI=1S/C15H16F3N3O2S.ClH/c1-9-6-10(2-3-12(9)23-8-15(16,17)18)20-14(22)11-7-24-13(21-11)4-5-19;/h2-3,6-7H,4-5,8,19H2,1H3,(H,20,22);1H. The first kappa shape index (κ1) is 21.2. The number of nitrogens with one attached hydrogen (secondary N) is 1. The van der Waals surface area contributed by atoms with Gasteiger partial charge in [-0.05, 0) is 37.2 Å². The van der Waals surface area contributed by atoms with E-state index in [1.54, 1.807) is 12.3 Å². The van der Waals surface area contributed by atoms with E-state index >= 15 is 0 Å². The first-order valence-electron chi connectivity index (χ1n) is 7.04. The number of carbonyl (C=O) groups excluding carboxylic acids is 1. The smallest absolute Gasteiger partial charge is 0.422 e. The molecular formula is C15H17ClF3N3O2S. The Morgan fingerprint density at radius 2 is 2.12 bits per heavy atom. The monoisotopic (exact) mass is 395 g/mol. The number of halogens is 4. The lowest BCUT2D eigenvalue weighted by Gasteiger charge is -2.12. The summed E-state index contributed by atoms with van der Waals surface area (Å²) < 4.78 is 41.2. The van der Waals surface area contributed by atoms with Gasteiger partial charge in [0.2, 0.25) is 0 Å². The molecule has 0 bridgehead atoms. The highest BCUT2D eigenvalue weighted by atomic mass is 35.5. The van der Waals surface area contributed by atoms with E-state index in [4.69, 9.17) is 10.5 Å². The Bertz CT molecular complexity index is 722. The molecule has 0 saturated carbocycles. The van der Waals surface area contributed by atoms with Gasteiger partial charge in [-0.1, -0.05) is 0 Å². The molecule has 10 heteroatoms. The summed E-state index contributed by atoms with van der Waals surface area (Å²) in [6.45, 7) is 0.693. The van der Waals surface area contributed by atoms with Crippen molar-refractivity contribution in [2.45, 2.75) is 19.5 Å². The molecule has 0 unspecified atom stereocenters. The molecule has 3 N–H and O–H groups in total. The van der Waals surface area contributed by atoms with E-state index in [0.717, 1.165) is 5.01 Å². The third-order valence-electron chi connectivity index (χ3n) is 2.97. The van der Waals surface area contributed by atoms with Gasteiger partial charge in [0, 0.05) is 17.5 Å². The molecule has 1 aromatic heterocycles. The number of aryl methyl sites for hydroxylation is 1. The third-order valence-corrected chi connectivity index (χ3v) is 3.88. The summed E-state index contributed by atoms with van der Waals surface area (Å²) in [6.07, 6.45) is -3.80. The van der Waals surface area contributed by atoms with Crippen LogP contribution in [0.2, 0.25) is 0 Å². The number of carbonyl (C=O) groups is 1. The lowest BCUT2D eigenvalue weighted by Crippen LogP contribution is -2.19. The molecule has 0 fully saturated rings. The van der Waals surface area contributed by atoms with Crippen LogP contribution in [0.5, 0.6) is 5.75 Å². The number of nitrogens with zero attached hydrogens (tertiary/aromatic N) is 1. The summed E-state index contributed by atoms with van der Waals surface area (Å²) in [5.74, 6) is -0.276. The minimum Gasteiger partial charge on any atom is -0.484 e. The molecule has 2 rings (SSSR count). The molecule has 0 saturated heterocycles. The number of aromatic nitrogens is 1. The molecule has 138 valence electrons. The van der Waals surface area contributed by atoms with Gasteiger partial charge in [0.25, 0.3) is 5.91 Å². The maximum atomic E-state index is 12.2. The molecule has 0 aliphatic carbocycles. The number of anilines is 1. The van der Waals surface area contributed by atoms with Crippen molar-refractivity contribution in [3.8, 4) is 5.75 Å². The van der Waals surface area contributed by atoms with Gasteiger partial charge in [0.1, 0.15) is 11.4 Å². The molecule has 1 aromatic carbocycles. The van der Waals surface area contributed by atoms with Crippen molar-refractivity contribution in [3.05, 3.63) is 39.8 Å². The first-order valence-corrected chi connectivity index (χ1v) is 7.92. The van der Waals surface area contributed by atoms with Gasteiger partial charge >= 0.3 is 6.18 Å². The highest BCUT2D eigenvalue weighted by Gasteiger charge is 2.28. The average Bonchev–Trinajstić information content (AvgIpc) is 2.94. The Hall–Kier alpha value is -1.84. The van der Waals surface area contributed by atoms with Crippen LogP contribution in [0.25, 0.3) is 0 Å². The predicted octanol–water partition coefficient (Wildman–Crippen LogP) is 3.57. The van der Waals surface area contributed by atoms with Gasteiger partial charge in [0.05, 0.1) is 5.01 Å². The van der Waals surface area contributed by atoms with Crippen molar-refractivity contribution in [1.82, 2.24) is 4.98 Å². The summed E-state index contributed by atoms with van der Waals surface area (Å²) in [4.78, 5) is 16.3. The average molecular weight is 396 g/mol. The Balaban J connectivity index is 0.00000312. The highest BCUT2D eigenvalue weighted by molar-refractivity contribution is 7.09. The fourth-order valence-electron chi connectivity index (χ4n) is 1.90. The van der Waals surface area contributed by atoms with Crippen molar-refractivity contribution in [2.75, 3.05) is 18.5 Å². The fourth-order valence-corrected chi connectivity index (χ4v) is 2.69. The number of ether oxygens (including phenoxy) is 1. The van der Waals surface area contributed by atoms with Gasteiger partial charge in [0.15, 0.2) is 6.61 Å². The van der Waals surface area contributed by atoms with Crippen molar-refractivity contribution in [3.63, 3.8) is 0 Å². The summed E-state index contributed by atoms with van der Waals surface area (Å²) in [5.41, 5.74) is 6.65. The Morgan fingerprint density at radius 3 is 2.72 bits per heavy atom. The third kappa shape index (κ3) is 6.52. The van der Waals surface area contributed by atoms with Gasteiger partial charge in [-0.2, -0.15) is 13.2 Å². The molecule has 25 heavy (non-hydrogen) atoms. The SMILES string of the molecule is Cc1cc(NC(=O)c2csc(CCN)n2)ccc1OCC(F)(F)F.Cl. The number of amides is 1. The normalized spacial score (nSPS) is 10.9. The molecular weight excluding hydrogens is 379 g/mol. The van der Waals surface area contributed by atoms with Crippen LogP contribution < -0.4 is 15.8 Å². The van der Waals surface area contributed by atoms with Crippen LogP contribution in [0.1, 0.15) is 21.1 Å². The molecule has 0 aliphatic heterocycles. The maximum absolute atomic E-state index is 12.2. The fraction of sp³-hybridized carbons (Fsp3) is 0.333. The topological polar surface area (TPSA) is 77.2 Å². The van der Waals surface area contributed by atoms with Crippen LogP contribution in [0, 0.1) is 6.92 Å². The number of hydrogen-bond donors (Lipinski definition) is 2. The number of benzene rings is 1. The molecule has 0 radical (unpaired) electrons. The molecule has 0 spiro atoms. The molecule has 1 heterocycles. The number of hydrogen-bond acceptors (Lipinski definition) is 5. The van der Waals surface area contributed by atoms with Gasteiger partial charge in [-0.15, -0.1) is 23.7 Å². The lowest BCUT2D eigenvalue weighted by molar-refractivity contribution is -0.153. The van der Waals surface area contributed by atoms with Gasteiger partial charge < -0.3 is 15.8 Å². The summed E-state index contributed by atoms with van der Waals surface area (Å²) in [5, 5.41) is 5.06. The zero-order valence-corrected chi connectivity index (χ0v) is 14.9. The van der Waals surface area contributed by atoms with E-state index in [0.29, 0.717) is 24.2 Å². The number of rotatable bonds is 6. The minimum absolute atomic E-state index is 0. The number of thiazole rings is 1. The number of nitrogens with two attached hydrogens (primary N) is 1. The number of alkyl halides is 3. The van der Waals surface area contributed by atoms with Crippen molar-refractivity contribution < 1.29 is 22.7 Å². The van der Waals surface area contributed by atoms with Crippen molar-refractivity contribution in [1.29, 1.82) is 0 Å². The summed E-state index contributed by atoms with van der Waals surface area (Å²) >= 11 is 1.35. The second kappa shape index (κ2) is 9.02. The van der Waals surface area contributed by atoms with E-state index in [-0.39, 0.29) is 23.9 Å². The second-order valence-electron chi connectivity index (χ2n) is 5.00. The molecule has 5 nitrogen and oxygen atoms in total. The quantitative estimate of drug-likeness (QED) is 0.783. The van der Waals surface area contributed by atoms with E-state index in [9.17, 15) is 18.0 Å². The lowest BCUT2D eigenvalue weighted by atomic mass is 10.2. The Labute approximate surface area is 152 Å². The van der Waals surface area contributed by atoms with E-state index < -0.39 is 18.7 Å². The molecule has 2 aromatic rings. The van der Waals surface area contributed by atoms with Crippen LogP contribution in [-0.4, -0.2) is 30.2 Å². The van der Waals surface area contributed by atoms with Crippen molar-refractivity contribution in [2.24, 2.45) is 5.73 Å². The van der Waals surface area contributed by atoms with Crippen LogP contribution in [0.3, 0.4) is 0 Å². The van der Waals surface area contributed by atoms with E-state index in [2.05, 4.69) is 10.3 Å². The molecule has 0 atom stereocenters. The predicted molar refractivity (Wildman–Crippen MR) is 92.8 cm³/mol. The second-order valence-corrected chi connectivity index (χ2v) is 5.95. The van der Waals surface area contributed by atoms with E-state index in [1.807, 2.05) is 0 Å². The van der Waals surface area contributed by atoms with Crippen LogP contribution in [-0.2, 0) is 6.42 Å². The molecule has 1 amide bonds. The van der Waals surface area contributed by atoms with Crippen LogP contribution >= 0.6 is 23.7 Å². The van der Waals surface area contributed by atoms with Gasteiger partial charge in [-0.3, -0.25) is 4.79 Å². The van der Waals surface area contributed by atoms with Gasteiger partial charge in [-0.25, -0.2) is 4.98 Å². The first-order chi connectivity index (χ1) is 11.3. The van der Waals surface area contributed by atoms with Crippen LogP contribution in [0.15, 0.2) is 23.6 Å². The minimum atomic E-state index is -4.40. The Morgan fingerprint density at radius 1 is 1.40 bits per heavy atom.